The van der Waals surface area contributed by atoms with Crippen molar-refractivity contribution < 1.29 is 14.0 Å². The second-order valence-corrected chi connectivity index (χ2v) is 6.18. The summed E-state index contributed by atoms with van der Waals surface area (Å²) in [6.07, 6.45) is 1.37. The topological polar surface area (TPSA) is 62.6 Å². The van der Waals surface area contributed by atoms with Crippen LogP contribution in [0.2, 0.25) is 5.02 Å². The average molecular weight is 412 g/mol. The Labute approximate surface area is 150 Å². The highest BCUT2D eigenvalue weighted by atomic mass is 79.9. The molecule has 1 N–H and O–H groups in total. The normalized spacial score (nSPS) is 16.9. The second kappa shape index (κ2) is 6.27. The van der Waals surface area contributed by atoms with Gasteiger partial charge in [0.15, 0.2) is 9.78 Å². The van der Waals surface area contributed by atoms with Gasteiger partial charge in [-0.25, -0.2) is 0 Å². The first-order valence-electron chi connectivity index (χ1n) is 6.38. The molecule has 2 aromatic rings. The number of hydrogen-bond donors (Lipinski definition) is 1. The molecular weight excluding hydrogens is 404 g/mol. The summed E-state index contributed by atoms with van der Waals surface area (Å²) in [5.41, 5.74) is 0.436. The van der Waals surface area contributed by atoms with Gasteiger partial charge in [0.1, 0.15) is 11.3 Å². The van der Waals surface area contributed by atoms with Crippen molar-refractivity contribution >= 4 is 68.4 Å². The van der Waals surface area contributed by atoms with E-state index in [2.05, 4.69) is 21.2 Å². The van der Waals surface area contributed by atoms with E-state index in [-0.39, 0.29) is 10.7 Å². The number of thiocarbonyl (C=S) groups is 1. The minimum absolute atomic E-state index is 0.0140. The molecule has 0 unspecified atom stereocenters. The van der Waals surface area contributed by atoms with Gasteiger partial charge in [-0.3, -0.25) is 19.8 Å². The number of hydrogen-bond acceptors (Lipinski definition) is 4. The second-order valence-electron chi connectivity index (χ2n) is 4.58. The molecule has 2 amide bonds. The van der Waals surface area contributed by atoms with Gasteiger partial charge in [0.25, 0.3) is 11.8 Å². The molecule has 0 bridgehead atoms. The molecule has 1 aromatic heterocycles. The highest BCUT2D eigenvalue weighted by Crippen LogP contribution is 2.24. The molecule has 1 fully saturated rings. The van der Waals surface area contributed by atoms with Crippen molar-refractivity contribution in [2.45, 2.75) is 0 Å². The van der Waals surface area contributed by atoms with E-state index in [1.54, 1.807) is 36.4 Å². The summed E-state index contributed by atoms with van der Waals surface area (Å²) in [5, 5.41) is 3.04. The molecule has 3 rings (SSSR count). The van der Waals surface area contributed by atoms with Gasteiger partial charge in [-0.15, -0.1) is 0 Å². The molecule has 0 atom stereocenters. The number of anilines is 1. The standard InChI is InChI=1S/C15H8BrClN2O3S/c16-12-6-5-10(22-12)7-11-13(20)18-15(23)19(14(11)21)9-3-1-8(17)2-4-9/h1-7H,(H,18,20,23)/b11-7+. The van der Waals surface area contributed by atoms with Crippen LogP contribution < -0.4 is 10.2 Å². The summed E-state index contributed by atoms with van der Waals surface area (Å²) >= 11 is 14.1. The zero-order valence-corrected chi connectivity index (χ0v) is 14.5. The van der Waals surface area contributed by atoms with Crippen molar-refractivity contribution in [1.29, 1.82) is 0 Å². The molecule has 0 saturated carbocycles. The Bertz CT molecular complexity index is 845. The molecule has 1 aliphatic heterocycles. The third-order valence-electron chi connectivity index (χ3n) is 3.07. The number of furan rings is 1. The van der Waals surface area contributed by atoms with Crippen molar-refractivity contribution in [3.05, 3.63) is 57.4 Å². The summed E-state index contributed by atoms with van der Waals surface area (Å²) in [4.78, 5) is 26.0. The van der Waals surface area contributed by atoms with E-state index in [1.807, 2.05) is 0 Å². The Morgan fingerprint density at radius 1 is 1.17 bits per heavy atom. The number of nitrogens with one attached hydrogen (secondary N) is 1. The van der Waals surface area contributed by atoms with Crippen LogP contribution in [0.5, 0.6) is 0 Å². The summed E-state index contributed by atoms with van der Waals surface area (Å²) in [5.74, 6) is -0.731. The minimum atomic E-state index is -0.572. The smallest absolute Gasteiger partial charge is 0.270 e. The lowest BCUT2D eigenvalue weighted by molar-refractivity contribution is -0.122. The number of halogens is 2. The van der Waals surface area contributed by atoms with Crippen LogP contribution in [0, 0.1) is 0 Å². The van der Waals surface area contributed by atoms with E-state index in [0.717, 1.165) is 0 Å². The maximum absolute atomic E-state index is 12.7. The monoisotopic (exact) mass is 410 g/mol. The maximum Gasteiger partial charge on any atom is 0.270 e. The molecule has 0 radical (unpaired) electrons. The van der Waals surface area contributed by atoms with Crippen molar-refractivity contribution in [3.8, 4) is 0 Å². The zero-order chi connectivity index (χ0) is 16.6. The lowest BCUT2D eigenvalue weighted by Gasteiger charge is -2.28. The number of amides is 2. The fourth-order valence-electron chi connectivity index (χ4n) is 2.03. The van der Waals surface area contributed by atoms with Gasteiger partial charge in [-0.1, -0.05) is 11.6 Å². The summed E-state index contributed by atoms with van der Waals surface area (Å²) in [6.45, 7) is 0. The lowest BCUT2D eigenvalue weighted by Crippen LogP contribution is -2.54. The van der Waals surface area contributed by atoms with Crippen LogP contribution in [-0.4, -0.2) is 16.9 Å². The largest absolute Gasteiger partial charge is 0.450 e. The molecule has 5 nitrogen and oxygen atoms in total. The van der Waals surface area contributed by atoms with Crippen molar-refractivity contribution in [3.63, 3.8) is 0 Å². The van der Waals surface area contributed by atoms with Crippen LogP contribution in [0.1, 0.15) is 5.76 Å². The molecular formula is C15H8BrClN2O3S. The summed E-state index contributed by atoms with van der Waals surface area (Å²) < 4.78 is 5.80. The van der Waals surface area contributed by atoms with Crippen molar-refractivity contribution in [2.75, 3.05) is 4.90 Å². The summed E-state index contributed by atoms with van der Waals surface area (Å²) in [6, 6.07) is 9.86. The average Bonchev–Trinajstić information content (AvgIpc) is 2.91. The van der Waals surface area contributed by atoms with Gasteiger partial charge in [-0.05, 0) is 70.6 Å². The van der Waals surface area contributed by atoms with E-state index >= 15 is 0 Å². The predicted octanol–water partition coefficient (Wildman–Crippen LogP) is 3.53. The highest BCUT2D eigenvalue weighted by molar-refractivity contribution is 9.10. The third kappa shape index (κ3) is 3.21. The van der Waals surface area contributed by atoms with Gasteiger partial charge in [0.2, 0.25) is 0 Å². The van der Waals surface area contributed by atoms with E-state index in [0.29, 0.717) is 21.1 Å². The van der Waals surface area contributed by atoms with E-state index < -0.39 is 11.8 Å². The third-order valence-corrected chi connectivity index (χ3v) is 4.03. The Balaban J connectivity index is 2.00. The fraction of sp³-hybridized carbons (Fsp3) is 0. The minimum Gasteiger partial charge on any atom is -0.450 e. The van der Waals surface area contributed by atoms with Crippen LogP contribution in [0.25, 0.3) is 6.08 Å². The first kappa shape index (κ1) is 15.9. The number of benzene rings is 1. The molecule has 0 spiro atoms. The Morgan fingerprint density at radius 3 is 2.48 bits per heavy atom. The number of nitrogens with zero attached hydrogens (tertiary/aromatic N) is 1. The van der Waals surface area contributed by atoms with Gasteiger partial charge in [0, 0.05) is 5.02 Å². The SMILES string of the molecule is O=C1NC(=S)N(c2ccc(Cl)cc2)C(=O)/C1=C/c1ccc(Br)o1. The van der Waals surface area contributed by atoms with Crippen LogP contribution in [0.3, 0.4) is 0 Å². The van der Waals surface area contributed by atoms with Crippen LogP contribution in [-0.2, 0) is 9.59 Å². The summed E-state index contributed by atoms with van der Waals surface area (Å²) in [7, 11) is 0. The van der Waals surface area contributed by atoms with Crippen LogP contribution >= 0.6 is 39.7 Å². The lowest BCUT2D eigenvalue weighted by atomic mass is 10.1. The predicted molar refractivity (Wildman–Crippen MR) is 94.1 cm³/mol. The molecule has 1 saturated heterocycles. The van der Waals surface area contributed by atoms with E-state index in [4.69, 9.17) is 28.2 Å². The van der Waals surface area contributed by atoms with Crippen LogP contribution in [0.4, 0.5) is 5.69 Å². The highest BCUT2D eigenvalue weighted by Gasteiger charge is 2.34. The van der Waals surface area contributed by atoms with Crippen molar-refractivity contribution in [1.82, 2.24) is 5.32 Å². The van der Waals surface area contributed by atoms with E-state index in [9.17, 15) is 9.59 Å². The fourth-order valence-corrected chi connectivity index (χ4v) is 2.76. The van der Waals surface area contributed by atoms with Crippen molar-refractivity contribution in [2.24, 2.45) is 0 Å². The molecule has 1 aliphatic rings. The number of carbonyl (C=O) groups excluding carboxylic acids is 2. The maximum atomic E-state index is 12.7. The molecule has 0 aliphatic carbocycles. The number of rotatable bonds is 2. The molecule has 8 heteroatoms. The van der Waals surface area contributed by atoms with Gasteiger partial charge in [-0.2, -0.15) is 0 Å². The van der Waals surface area contributed by atoms with Gasteiger partial charge >= 0.3 is 0 Å². The molecule has 23 heavy (non-hydrogen) atoms. The quantitative estimate of drug-likeness (QED) is 0.466. The zero-order valence-electron chi connectivity index (χ0n) is 11.4. The van der Waals surface area contributed by atoms with Crippen LogP contribution in [0.15, 0.2) is 51.1 Å². The molecule has 116 valence electrons. The Morgan fingerprint density at radius 2 is 1.87 bits per heavy atom. The Kier molecular flexibility index (Phi) is 4.34. The molecule has 2 heterocycles. The van der Waals surface area contributed by atoms with Gasteiger partial charge in [0.05, 0.1) is 5.69 Å². The first-order chi connectivity index (χ1) is 11.0. The Hall–Kier alpha value is -1.96. The molecule has 1 aromatic carbocycles. The number of carbonyl (C=O) groups is 2. The first-order valence-corrected chi connectivity index (χ1v) is 7.96. The van der Waals surface area contributed by atoms with E-state index in [1.165, 1.54) is 11.0 Å². The van der Waals surface area contributed by atoms with Gasteiger partial charge < -0.3 is 4.42 Å².